The van der Waals surface area contributed by atoms with Gasteiger partial charge in [-0.05, 0) is 37.1 Å². The van der Waals surface area contributed by atoms with Crippen LogP contribution in [0.4, 0.5) is 0 Å². The molecule has 0 aliphatic rings. The highest BCUT2D eigenvalue weighted by molar-refractivity contribution is 5.86. The number of hydrogen-bond donors (Lipinski definition) is 1. The second-order valence-corrected chi connectivity index (χ2v) is 6.37. The summed E-state index contributed by atoms with van der Waals surface area (Å²) in [5, 5.41) is 2.90. The third-order valence-electron chi connectivity index (χ3n) is 4.35. The largest absolute Gasteiger partial charge is 0.497 e. The van der Waals surface area contributed by atoms with Crippen LogP contribution in [0.15, 0.2) is 48.5 Å². The molecule has 1 unspecified atom stereocenters. The number of hydrogen-bond acceptors (Lipinski definition) is 3. The Kier molecular flexibility index (Phi) is 6.78. The molecule has 2 aromatic rings. The molecule has 0 radical (unpaired) electrons. The van der Waals surface area contributed by atoms with E-state index in [1.54, 1.807) is 18.9 Å². The number of amides is 2. The number of carbonyl (C=O) groups excluding carboxylic acids is 2. The molecule has 5 nitrogen and oxygen atoms in total. The van der Waals surface area contributed by atoms with Crippen molar-refractivity contribution in [3.8, 4) is 5.75 Å². The number of ether oxygens (including phenoxy) is 1. The fraction of sp³-hybridized carbons (Fsp3) is 0.333. The van der Waals surface area contributed by atoms with Crippen LogP contribution in [-0.4, -0.2) is 29.9 Å². The number of rotatable bonds is 7. The molecule has 2 amide bonds. The van der Waals surface area contributed by atoms with Crippen molar-refractivity contribution in [3.63, 3.8) is 0 Å². The van der Waals surface area contributed by atoms with Crippen LogP contribution >= 0.6 is 0 Å². The van der Waals surface area contributed by atoms with E-state index >= 15 is 0 Å². The van der Waals surface area contributed by atoms with Crippen molar-refractivity contribution in [2.24, 2.45) is 0 Å². The first-order valence-electron chi connectivity index (χ1n) is 8.64. The lowest BCUT2D eigenvalue weighted by Gasteiger charge is -2.27. The van der Waals surface area contributed by atoms with E-state index in [4.69, 9.17) is 4.74 Å². The molecule has 0 bridgehead atoms. The molecule has 0 fully saturated rings. The molecule has 0 saturated heterocycles. The minimum Gasteiger partial charge on any atom is -0.497 e. The maximum atomic E-state index is 12.5. The zero-order valence-electron chi connectivity index (χ0n) is 15.8. The monoisotopic (exact) mass is 354 g/mol. The van der Waals surface area contributed by atoms with Gasteiger partial charge in [-0.1, -0.05) is 42.0 Å². The fourth-order valence-electron chi connectivity index (χ4n) is 2.63. The highest BCUT2D eigenvalue weighted by Crippen LogP contribution is 2.15. The molecule has 0 heterocycles. The zero-order valence-corrected chi connectivity index (χ0v) is 15.8. The van der Waals surface area contributed by atoms with Gasteiger partial charge in [-0.3, -0.25) is 9.59 Å². The summed E-state index contributed by atoms with van der Waals surface area (Å²) in [6.07, 6.45) is 0. The van der Waals surface area contributed by atoms with E-state index in [1.807, 2.05) is 55.5 Å². The third kappa shape index (κ3) is 5.34. The predicted molar refractivity (Wildman–Crippen MR) is 102 cm³/mol. The minimum atomic E-state index is -0.556. The molecule has 1 atom stereocenters. The van der Waals surface area contributed by atoms with E-state index in [-0.39, 0.29) is 11.8 Å². The Labute approximate surface area is 155 Å². The molecular weight excluding hydrogens is 328 g/mol. The van der Waals surface area contributed by atoms with Crippen molar-refractivity contribution >= 4 is 11.8 Å². The minimum absolute atomic E-state index is 0.140. The van der Waals surface area contributed by atoms with E-state index in [2.05, 4.69) is 5.32 Å². The molecule has 2 aromatic carbocycles. The van der Waals surface area contributed by atoms with Crippen molar-refractivity contribution in [3.05, 3.63) is 65.2 Å². The SMILES string of the molecule is COc1ccc(CN(C(C)=O)C(C)C(=O)NCc2ccc(C)cc2)cc1. The summed E-state index contributed by atoms with van der Waals surface area (Å²) in [6, 6.07) is 14.9. The molecule has 1 N–H and O–H groups in total. The van der Waals surface area contributed by atoms with Gasteiger partial charge in [-0.15, -0.1) is 0 Å². The van der Waals surface area contributed by atoms with Gasteiger partial charge in [0, 0.05) is 20.0 Å². The summed E-state index contributed by atoms with van der Waals surface area (Å²) in [7, 11) is 1.61. The normalized spacial score (nSPS) is 11.5. The summed E-state index contributed by atoms with van der Waals surface area (Å²) in [5.74, 6) is 0.445. The highest BCUT2D eigenvalue weighted by atomic mass is 16.5. The van der Waals surface area contributed by atoms with Crippen LogP contribution < -0.4 is 10.1 Å². The van der Waals surface area contributed by atoms with Crippen LogP contribution in [0.5, 0.6) is 5.75 Å². The number of aryl methyl sites for hydroxylation is 1. The Morgan fingerprint density at radius 1 is 1.04 bits per heavy atom. The van der Waals surface area contributed by atoms with Crippen molar-refractivity contribution in [1.29, 1.82) is 0 Å². The molecule has 26 heavy (non-hydrogen) atoms. The molecule has 138 valence electrons. The maximum Gasteiger partial charge on any atom is 0.242 e. The molecule has 5 heteroatoms. The molecule has 2 rings (SSSR count). The molecule has 0 aliphatic carbocycles. The Bertz CT molecular complexity index is 739. The van der Waals surface area contributed by atoms with Gasteiger partial charge in [0.2, 0.25) is 11.8 Å². The lowest BCUT2D eigenvalue weighted by Crippen LogP contribution is -2.46. The average molecular weight is 354 g/mol. The summed E-state index contributed by atoms with van der Waals surface area (Å²) in [5.41, 5.74) is 3.15. The van der Waals surface area contributed by atoms with Gasteiger partial charge in [0.25, 0.3) is 0 Å². The lowest BCUT2D eigenvalue weighted by molar-refractivity contribution is -0.139. The Hall–Kier alpha value is -2.82. The van der Waals surface area contributed by atoms with Gasteiger partial charge in [0.1, 0.15) is 11.8 Å². The Morgan fingerprint density at radius 3 is 2.15 bits per heavy atom. The van der Waals surface area contributed by atoms with Gasteiger partial charge in [0.05, 0.1) is 7.11 Å². The standard InChI is InChI=1S/C21H26N2O3/c1-15-5-7-18(8-6-15)13-22-21(25)16(2)23(17(3)24)14-19-9-11-20(26-4)12-10-19/h5-12,16H,13-14H2,1-4H3,(H,22,25). The number of carbonyl (C=O) groups is 2. The second-order valence-electron chi connectivity index (χ2n) is 6.37. The van der Waals surface area contributed by atoms with Crippen molar-refractivity contribution in [2.75, 3.05) is 7.11 Å². The molecule has 0 saturated carbocycles. The topological polar surface area (TPSA) is 58.6 Å². The maximum absolute atomic E-state index is 12.5. The van der Waals surface area contributed by atoms with E-state index < -0.39 is 6.04 Å². The van der Waals surface area contributed by atoms with Crippen LogP contribution in [0.2, 0.25) is 0 Å². The lowest BCUT2D eigenvalue weighted by atomic mass is 10.1. The van der Waals surface area contributed by atoms with E-state index in [9.17, 15) is 9.59 Å². The number of nitrogens with one attached hydrogen (secondary N) is 1. The van der Waals surface area contributed by atoms with E-state index in [0.29, 0.717) is 13.1 Å². The molecule has 0 spiro atoms. The van der Waals surface area contributed by atoms with E-state index in [0.717, 1.165) is 16.9 Å². The number of methoxy groups -OCH3 is 1. The van der Waals surface area contributed by atoms with Gasteiger partial charge in [-0.2, -0.15) is 0 Å². The fourth-order valence-corrected chi connectivity index (χ4v) is 2.63. The van der Waals surface area contributed by atoms with Crippen molar-refractivity contribution < 1.29 is 14.3 Å². The van der Waals surface area contributed by atoms with Gasteiger partial charge >= 0.3 is 0 Å². The summed E-state index contributed by atoms with van der Waals surface area (Å²) in [4.78, 5) is 26.1. The second kappa shape index (κ2) is 9.04. The summed E-state index contributed by atoms with van der Waals surface area (Å²) in [6.45, 7) is 6.06. The summed E-state index contributed by atoms with van der Waals surface area (Å²) < 4.78 is 5.14. The highest BCUT2D eigenvalue weighted by Gasteiger charge is 2.23. The Balaban J connectivity index is 1.99. The molecule has 0 aromatic heterocycles. The number of benzene rings is 2. The Morgan fingerprint density at radius 2 is 1.62 bits per heavy atom. The van der Waals surface area contributed by atoms with Gasteiger partial charge in [0.15, 0.2) is 0 Å². The predicted octanol–water partition coefficient (Wildman–Crippen LogP) is 3.06. The van der Waals surface area contributed by atoms with Crippen LogP contribution in [0.1, 0.15) is 30.5 Å². The van der Waals surface area contributed by atoms with Crippen LogP contribution in [0.3, 0.4) is 0 Å². The van der Waals surface area contributed by atoms with Crippen molar-refractivity contribution in [1.82, 2.24) is 10.2 Å². The average Bonchev–Trinajstić information content (AvgIpc) is 2.65. The van der Waals surface area contributed by atoms with Gasteiger partial charge in [-0.25, -0.2) is 0 Å². The van der Waals surface area contributed by atoms with Crippen molar-refractivity contribution in [2.45, 2.75) is 39.9 Å². The first-order valence-corrected chi connectivity index (χ1v) is 8.64. The first kappa shape index (κ1) is 19.5. The van der Waals surface area contributed by atoms with E-state index in [1.165, 1.54) is 12.5 Å². The molecule has 0 aliphatic heterocycles. The first-order chi connectivity index (χ1) is 12.4. The third-order valence-corrected chi connectivity index (χ3v) is 4.35. The molecular formula is C21H26N2O3. The van der Waals surface area contributed by atoms with Crippen LogP contribution in [-0.2, 0) is 22.7 Å². The smallest absolute Gasteiger partial charge is 0.242 e. The van der Waals surface area contributed by atoms with Gasteiger partial charge < -0.3 is 15.0 Å². The van der Waals surface area contributed by atoms with Crippen LogP contribution in [0.25, 0.3) is 0 Å². The van der Waals surface area contributed by atoms with Crippen LogP contribution in [0, 0.1) is 6.92 Å². The quantitative estimate of drug-likeness (QED) is 0.831. The summed E-state index contributed by atoms with van der Waals surface area (Å²) >= 11 is 0. The number of nitrogens with zero attached hydrogens (tertiary/aromatic N) is 1. The zero-order chi connectivity index (χ0) is 19.1.